The van der Waals surface area contributed by atoms with Gasteiger partial charge in [-0.05, 0) is 49.2 Å². The Labute approximate surface area is 189 Å². The van der Waals surface area contributed by atoms with E-state index >= 15 is 0 Å². The fraction of sp³-hybridized carbons (Fsp3) is 0.261. The third-order valence-corrected chi connectivity index (χ3v) is 7.53. The highest BCUT2D eigenvalue weighted by atomic mass is 32.2. The van der Waals surface area contributed by atoms with Crippen LogP contribution in [0, 0.1) is 12.7 Å². The van der Waals surface area contributed by atoms with Gasteiger partial charge in [0.1, 0.15) is 22.9 Å². The molecule has 0 spiro atoms. The SMILES string of the molecule is Cc1nc2c(C(=O)NCc3ccc(F)cc3)nc(-c3ccco3)cc2n1C1CCS(=O)(=O)C1. The molecule has 1 saturated heterocycles. The first-order valence-corrected chi connectivity index (χ1v) is 12.3. The molecular formula is C23H21FN4O4S. The van der Waals surface area contributed by atoms with E-state index in [0.717, 1.165) is 5.56 Å². The van der Waals surface area contributed by atoms with Gasteiger partial charge in [-0.25, -0.2) is 22.8 Å². The van der Waals surface area contributed by atoms with Crippen LogP contribution in [0.25, 0.3) is 22.5 Å². The Bertz CT molecular complexity index is 1440. The topological polar surface area (TPSA) is 107 Å². The Balaban J connectivity index is 1.57. The first-order chi connectivity index (χ1) is 15.8. The zero-order valence-corrected chi connectivity index (χ0v) is 18.6. The Morgan fingerprint density at radius 3 is 2.70 bits per heavy atom. The Hall–Kier alpha value is -3.53. The highest BCUT2D eigenvalue weighted by Crippen LogP contribution is 2.32. The Morgan fingerprint density at radius 1 is 1.24 bits per heavy atom. The summed E-state index contributed by atoms with van der Waals surface area (Å²) in [6.07, 6.45) is 2.00. The van der Waals surface area contributed by atoms with E-state index in [2.05, 4.69) is 15.3 Å². The number of sulfone groups is 1. The minimum atomic E-state index is -3.12. The second-order valence-corrected chi connectivity index (χ2v) is 10.3. The quantitative estimate of drug-likeness (QED) is 0.481. The summed E-state index contributed by atoms with van der Waals surface area (Å²) < 4.78 is 44.7. The van der Waals surface area contributed by atoms with Gasteiger partial charge in [-0.2, -0.15) is 0 Å². The van der Waals surface area contributed by atoms with Crippen molar-refractivity contribution in [2.75, 3.05) is 11.5 Å². The van der Waals surface area contributed by atoms with E-state index in [4.69, 9.17) is 4.42 Å². The largest absolute Gasteiger partial charge is 0.463 e. The molecule has 10 heteroatoms. The summed E-state index contributed by atoms with van der Waals surface area (Å²) in [6.45, 7) is 1.98. The van der Waals surface area contributed by atoms with Gasteiger partial charge < -0.3 is 14.3 Å². The summed E-state index contributed by atoms with van der Waals surface area (Å²) in [5.74, 6) is 0.449. The van der Waals surface area contributed by atoms with Gasteiger partial charge in [0.05, 0.1) is 29.3 Å². The average Bonchev–Trinajstić information content (AvgIpc) is 3.50. The number of aromatic nitrogens is 3. The second kappa shape index (κ2) is 8.11. The molecule has 4 heterocycles. The van der Waals surface area contributed by atoms with Crippen LogP contribution in [0.15, 0.2) is 53.1 Å². The molecule has 4 aromatic rings. The number of hydrogen-bond acceptors (Lipinski definition) is 6. The third-order valence-electron chi connectivity index (χ3n) is 5.78. The summed E-state index contributed by atoms with van der Waals surface area (Å²) in [5, 5.41) is 2.81. The van der Waals surface area contributed by atoms with Gasteiger partial charge in [0.15, 0.2) is 21.3 Å². The summed E-state index contributed by atoms with van der Waals surface area (Å²) in [6, 6.07) is 10.8. The van der Waals surface area contributed by atoms with Crippen molar-refractivity contribution in [3.05, 3.63) is 71.6 Å². The summed E-state index contributed by atoms with van der Waals surface area (Å²) in [4.78, 5) is 22.2. The van der Waals surface area contributed by atoms with E-state index in [1.165, 1.54) is 18.4 Å². The van der Waals surface area contributed by atoms with Crippen LogP contribution in [0.3, 0.4) is 0 Å². The Morgan fingerprint density at radius 2 is 2.03 bits per heavy atom. The van der Waals surface area contributed by atoms with Crippen molar-refractivity contribution in [3.63, 3.8) is 0 Å². The van der Waals surface area contributed by atoms with Crippen LogP contribution < -0.4 is 5.32 Å². The van der Waals surface area contributed by atoms with Gasteiger partial charge in [0.25, 0.3) is 5.91 Å². The third kappa shape index (κ3) is 4.13. The fourth-order valence-electron chi connectivity index (χ4n) is 4.23. The number of fused-ring (bicyclic) bond motifs is 1. The molecule has 1 aromatic carbocycles. The fourth-order valence-corrected chi connectivity index (χ4v) is 5.93. The lowest BCUT2D eigenvalue weighted by Crippen LogP contribution is -2.24. The molecule has 1 N–H and O–H groups in total. The molecule has 1 fully saturated rings. The van der Waals surface area contributed by atoms with Crippen LogP contribution in [-0.4, -0.2) is 40.4 Å². The number of aryl methyl sites for hydroxylation is 1. The molecule has 3 aromatic heterocycles. The van der Waals surface area contributed by atoms with E-state index in [1.54, 1.807) is 37.3 Å². The average molecular weight is 469 g/mol. The van der Waals surface area contributed by atoms with Crippen LogP contribution in [0.5, 0.6) is 0 Å². The van der Waals surface area contributed by atoms with E-state index < -0.39 is 15.7 Å². The Kier molecular flexibility index (Phi) is 5.24. The predicted molar refractivity (Wildman–Crippen MR) is 120 cm³/mol. The number of imidazole rings is 1. The molecular weight excluding hydrogens is 447 g/mol. The van der Waals surface area contributed by atoms with Crippen molar-refractivity contribution in [1.82, 2.24) is 19.9 Å². The van der Waals surface area contributed by atoms with Crippen molar-refractivity contribution in [2.24, 2.45) is 0 Å². The standard InChI is InChI=1S/C23H21FN4O4S/c1-14-26-21-19(28(14)17-8-10-33(30,31)13-17)11-18(20-3-2-9-32-20)27-22(21)23(29)25-12-15-4-6-16(24)7-5-15/h2-7,9,11,17H,8,10,12-13H2,1H3,(H,25,29). The molecule has 1 amide bonds. The summed E-state index contributed by atoms with van der Waals surface area (Å²) in [5.41, 5.74) is 2.32. The van der Waals surface area contributed by atoms with Gasteiger partial charge in [-0.3, -0.25) is 4.79 Å². The van der Waals surface area contributed by atoms with E-state index in [1.807, 2.05) is 4.57 Å². The van der Waals surface area contributed by atoms with Crippen molar-refractivity contribution >= 4 is 26.8 Å². The molecule has 170 valence electrons. The number of amides is 1. The molecule has 33 heavy (non-hydrogen) atoms. The number of hydrogen-bond donors (Lipinski definition) is 1. The lowest BCUT2D eigenvalue weighted by atomic mass is 10.2. The molecule has 1 aliphatic heterocycles. The first kappa shape index (κ1) is 21.3. The number of nitrogens with zero attached hydrogens (tertiary/aromatic N) is 3. The molecule has 0 radical (unpaired) electrons. The van der Waals surface area contributed by atoms with E-state index in [-0.39, 0.29) is 35.6 Å². The van der Waals surface area contributed by atoms with Crippen molar-refractivity contribution < 1.29 is 22.0 Å². The summed E-state index contributed by atoms with van der Waals surface area (Å²) >= 11 is 0. The molecule has 0 bridgehead atoms. The number of halogens is 1. The zero-order chi connectivity index (χ0) is 23.2. The molecule has 1 aliphatic rings. The molecule has 0 aliphatic carbocycles. The maximum atomic E-state index is 13.2. The number of nitrogens with one attached hydrogen (secondary N) is 1. The first-order valence-electron chi connectivity index (χ1n) is 10.5. The summed E-state index contributed by atoms with van der Waals surface area (Å²) in [7, 11) is -3.12. The van der Waals surface area contributed by atoms with Crippen molar-refractivity contribution in [3.8, 4) is 11.5 Å². The van der Waals surface area contributed by atoms with Crippen LogP contribution in [0.1, 0.15) is 34.3 Å². The minimum absolute atomic E-state index is 0.0316. The smallest absolute Gasteiger partial charge is 0.272 e. The number of furan rings is 1. The van der Waals surface area contributed by atoms with Crippen molar-refractivity contribution in [1.29, 1.82) is 0 Å². The number of carbonyl (C=O) groups is 1. The van der Waals surface area contributed by atoms with Crippen LogP contribution in [-0.2, 0) is 16.4 Å². The van der Waals surface area contributed by atoms with Crippen LogP contribution in [0.2, 0.25) is 0 Å². The monoisotopic (exact) mass is 468 g/mol. The zero-order valence-electron chi connectivity index (χ0n) is 17.8. The van der Waals surface area contributed by atoms with Gasteiger partial charge >= 0.3 is 0 Å². The molecule has 0 saturated carbocycles. The molecule has 8 nitrogen and oxygen atoms in total. The van der Waals surface area contributed by atoms with Gasteiger partial charge in [-0.1, -0.05) is 12.1 Å². The van der Waals surface area contributed by atoms with Gasteiger partial charge in [-0.15, -0.1) is 0 Å². The maximum Gasteiger partial charge on any atom is 0.272 e. The van der Waals surface area contributed by atoms with Crippen LogP contribution in [0.4, 0.5) is 4.39 Å². The number of benzene rings is 1. The number of pyridine rings is 1. The lowest BCUT2D eigenvalue weighted by molar-refractivity contribution is 0.0947. The number of carbonyl (C=O) groups excluding carboxylic acids is 1. The van der Waals surface area contributed by atoms with Gasteiger partial charge in [0, 0.05) is 6.54 Å². The minimum Gasteiger partial charge on any atom is -0.463 e. The number of rotatable bonds is 5. The van der Waals surface area contributed by atoms with Crippen molar-refractivity contribution in [2.45, 2.75) is 25.9 Å². The predicted octanol–water partition coefficient (Wildman–Crippen LogP) is 3.43. The lowest BCUT2D eigenvalue weighted by Gasteiger charge is -2.14. The molecule has 1 atom stereocenters. The normalized spacial score (nSPS) is 17.5. The van der Waals surface area contributed by atoms with Gasteiger partial charge in [0.2, 0.25) is 0 Å². The highest BCUT2D eigenvalue weighted by Gasteiger charge is 2.32. The second-order valence-electron chi connectivity index (χ2n) is 8.10. The van der Waals surface area contributed by atoms with E-state index in [9.17, 15) is 17.6 Å². The van der Waals surface area contributed by atoms with Crippen LogP contribution >= 0.6 is 0 Å². The maximum absolute atomic E-state index is 13.2. The van der Waals surface area contributed by atoms with E-state index in [0.29, 0.717) is 34.7 Å². The molecule has 1 unspecified atom stereocenters. The molecule has 5 rings (SSSR count). The highest BCUT2D eigenvalue weighted by molar-refractivity contribution is 7.91.